The van der Waals surface area contributed by atoms with Gasteiger partial charge in [0.2, 0.25) is 0 Å². The summed E-state index contributed by atoms with van der Waals surface area (Å²) in [6, 6.07) is 3.19. The first-order valence-corrected chi connectivity index (χ1v) is 8.53. The number of thiophene rings is 1. The number of fused-ring (bicyclic) bond motifs is 1. The summed E-state index contributed by atoms with van der Waals surface area (Å²) in [6.07, 6.45) is -3.07. The summed E-state index contributed by atoms with van der Waals surface area (Å²) in [4.78, 5) is 19.9. The van der Waals surface area contributed by atoms with Crippen molar-refractivity contribution in [1.29, 1.82) is 0 Å². The summed E-state index contributed by atoms with van der Waals surface area (Å²) in [5, 5.41) is 3.70. The van der Waals surface area contributed by atoms with Gasteiger partial charge in [0.25, 0.3) is 5.91 Å². The lowest BCUT2D eigenvalue weighted by atomic mass is 10.1. The van der Waals surface area contributed by atoms with Gasteiger partial charge in [-0.05, 0) is 31.1 Å². The van der Waals surface area contributed by atoms with Crippen molar-refractivity contribution in [1.82, 2.24) is 4.90 Å². The van der Waals surface area contributed by atoms with Crippen molar-refractivity contribution in [3.05, 3.63) is 33.5 Å². The van der Waals surface area contributed by atoms with Crippen LogP contribution in [-0.4, -0.2) is 55.1 Å². The lowest BCUT2D eigenvalue weighted by molar-refractivity contribution is -0.0802. The van der Waals surface area contributed by atoms with Crippen molar-refractivity contribution in [2.75, 3.05) is 20.2 Å². The number of hydrogen-bond acceptors (Lipinski definition) is 5. The second-order valence-corrected chi connectivity index (χ2v) is 6.99. The Kier molecular flexibility index (Phi) is 4.88. The first-order valence-electron chi connectivity index (χ1n) is 7.71. The Bertz CT molecular complexity index is 726. The van der Waals surface area contributed by atoms with Gasteiger partial charge in [-0.3, -0.25) is 4.79 Å². The van der Waals surface area contributed by atoms with Gasteiger partial charge in [0.15, 0.2) is 0 Å². The van der Waals surface area contributed by atoms with Gasteiger partial charge in [-0.15, -0.1) is 11.3 Å². The molecule has 0 bridgehead atoms. The Morgan fingerprint density at radius 3 is 2.76 bits per heavy atom. The van der Waals surface area contributed by atoms with Crippen LogP contribution in [0.15, 0.2) is 28.9 Å². The topological polar surface area (TPSA) is 54.4 Å². The number of hydrogen-bond donors (Lipinski definition) is 0. The van der Waals surface area contributed by atoms with E-state index in [1.54, 1.807) is 17.0 Å². The zero-order valence-corrected chi connectivity index (χ0v) is 14.5. The van der Waals surface area contributed by atoms with E-state index in [1.807, 2.05) is 0 Å². The molecule has 2 atom stereocenters. The molecule has 0 aliphatic carbocycles. The first-order chi connectivity index (χ1) is 11.8. The Morgan fingerprint density at radius 1 is 1.40 bits per heavy atom. The van der Waals surface area contributed by atoms with Crippen molar-refractivity contribution >= 4 is 23.0 Å². The molecule has 1 aromatic heterocycles. The molecule has 25 heavy (non-hydrogen) atoms. The molecule has 0 aromatic carbocycles. The number of alkyl halides is 3. The van der Waals surface area contributed by atoms with Gasteiger partial charge >= 0.3 is 6.18 Å². The number of carbonyl (C=O) groups excluding carboxylic acids is 1. The maximum absolute atomic E-state index is 12.6. The van der Waals surface area contributed by atoms with Crippen LogP contribution in [0.1, 0.15) is 27.9 Å². The summed E-state index contributed by atoms with van der Waals surface area (Å²) in [5.41, 5.74) is -0.0181. The van der Waals surface area contributed by atoms with Gasteiger partial charge in [-0.2, -0.15) is 13.2 Å². The summed E-state index contributed by atoms with van der Waals surface area (Å²) < 4.78 is 43.2. The third kappa shape index (κ3) is 4.21. The predicted molar refractivity (Wildman–Crippen MR) is 86.9 cm³/mol. The maximum atomic E-state index is 12.6. The average Bonchev–Trinajstić information content (AvgIpc) is 3.15. The van der Waals surface area contributed by atoms with E-state index >= 15 is 0 Å². The van der Waals surface area contributed by atoms with Gasteiger partial charge in [-0.25, -0.2) is 0 Å². The highest BCUT2D eigenvalue weighted by Gasteiger charge is 2.44. The SMILES string of the molecule is CO/N=C(\C(C)=C\C(F)(F)F)c1ccc(C(=O)N2CCC3OC3C2)s1. The number of nitrogens with zero attached hydrogens (tertiary/aromatic N) is 2. The largest absolute Gasteiger partial charge is 0.410 e. The summed E-state index contributed by atoms with van der Waals surface area (Å²) in [5.74, 6) is -0.139. The van der Waals surface area contributed by atoms with Crippen LogP contribution < -0.4 is 0 Å². The lowest BCUT2D eigenvalue weighted by Gasteiger charge is -2.23. The molecule has 2 aliphatic rings. The Morgan fingerprint density at radius 2 is 2.12 bits per heavy atom. The number of likely N-dealkylation sites (tertiary alicyclic amines) is 1. The second-order valence-electron chi connectivity index (χ2n) is 5.91. The van der Waals surface area contributed by atoms with E-state index in [4.69, 9.17) is 4.74 Å². The molecule has 136 valence electrons. The molecule has 2 aliphatic heterocycles. The summed E-state index contributed by atoms with van der Waals surface area (Å²) >= 11 is 1.10. The third-order valence-electron chi connectivity index (χ3n) is 4.05. The fourth-order valence-electron chi connectivity index (χ4n) is 2.82. The van der Waals surface area contributed by atoms with Crippen molar-refractivity contribution in [2.45, 2.75) is 31.7 Å². The summed E-state index contributed by atoms with van der Waals surface area (Å²) in [6.45, 7) is 2.49. The number of piperidine rings is 1. The molecule has 1 aromatic rings. The van der Waals surface area contributed by atoms with Crippen molar-refractivity contribution in [3.8, 4) is 0 Å². The minimum Gasteiger partial charge on any atom is -0.399 e. The molecule has 0 N–H and O–H groups in total. The molecule has 2 fully saturated rings. The van der Waals surface area contributed by atoms with Crippen LogP contribution in [0.2, 0.25) is 0 Å². The zero-order chi connectivity index (χ0) is 18.2. The van der Waals surface area contributed by atoms with E-state index < -0.39 is 6.18 Å². The third-order valence-corrected chi connectivity index (χ3v) is 5.13. The number of allylic oxidation sites excluding steroid dienone is 2. The molecule has 3 heterocycles. The number of ether oxygens (including phenoxy) is 1. The minimum atomic E-state index is -4.46. The first kappa shape index (κ1) is 17.9. The Balaban J connectivity index is 1.79. The molecule has 1 amide bonds. The van der Waals surface area contributed by atoms with Gasteiger partial charge in [0.1, 0.15) is 18.9 Å². The van der Waals surface area contributed by atoms with Crippen LogP contribution in [0.3, 0.4) is 0 Å². The molecule has 0 saturated carbocycles. The number of carbonyl (C=O) groups is 1. The summed E-state index contributed by atoms with van der Waals surface area (Å²) in [7, 11) is 1.26. The Labute approximate surface area is 146 Å². The van der Waals surface area contributed by atoms with Gasteiger partial charge in [0, 0.05) is 19.2 Å². The van der Waals surface area contributed by atoms with E-state index in [-0.39, 0.29) is 35.5 Å². The fraction of sp³-hybridized carbons (Fsp3) is 0.500. The lowest BCUT2D eigenvalue weighted by Crippen LogP contribution is -2.38. The molecule has 0 radical (unpaired) electrons. The van der Waals surface area contributed by atoms with E-state index in [9.17, 15) is 18.0 Å². The van der Waals surface area contributed by atoms with Crippen molar-refractivity contribution < 1.29 is 27.5 Å². The highest BCUT2D eigenvalue weighted by molar-refractivity contribution is 7.16. The van der Waals surface area contributed by atoms with Crippen LogP contribution in [-0.2, 0) is 9.57 Å². The van der Waals surface area contributed by atoms with Crippen LogP contribution in [0.5, 0.6) is 0 Å². The number of epoxide rings is 1. The smallest absolute Gasteiger partial charge is 0.399 e. The van der Waals surface area contributed by atoms with E-state index in [0.717, 1.165) is 17.8 Å². The average molecular weight is 374 g/mol. The fourth-order valence-corrected chi connectivity index (χ4v) is 3.84. The van der Waals surface area contributed by atoms with E-state index in [0.29, 0.717) is 22.8 Å². The number of halogens is 3. The normalized spacial score (nSPS) is 24.1. The monoisotopic (exact) mass is 374 g/mol. The predicted octanol–water partition coefficient (Wildman–Crippen LogP) is 3.22. The highest BCUT2D eigenvalue weighted by Crippen LogP contribution is 2.32. The van der Waals surface area contributed by atoms with Gasteiger partial charge in [-0.1, -0.05) is 5.16 Å². The van der Waals surface area contributed by atoms with Crippen molar-refractivity contribution in [3.63, 3.8) is 0 Å². The van der Waals surface area contributed by atoms with Crippen LogP contribution in [0, 0.1) is 0 Å². The minimum absolute atomic E-state index is 0.0631. The maximum Gasteiger partial charge on any atom is 0.410 e. The van der Waals surface area contributed by atoms with Crippen LogP contribution >= 0.6 is 11.3 Å². The van der Waals surface area contributed by atoms with Crippen molar-refractivity contribution in [2.24, 2.45) is 5.16 Å². The van der Waals surface area contributed by atoms with Crippen LogP contribution in [0.25, 0.3) is 0 Å². The van der Waals surface area contributed by atoms with Crippen LogP contribution in [0.4, 0.5) is 13.2 Å². The van der Waals surface area contributed by atoms with E-state index in [1.165, 1.54) is 14.0 Å². The van der Waals surface area contributed by atoms with E-state index in [2.05, 4.69) is 9.99 Å². The number of amides is 1. The van der Waals surface area contributed by atoms with Gasteiger partial charge in [0.05, 0.1) is 15.9 Å². The molecule has 2 saturated heterocycles. The number of oxime groups is 1. The molecule has 0 spiro atoms. The molecular formula is C16H17F3N2O3S. The van der Waals surface area contributed by atoms with Gasteiger partial charge < -0.3 is 14.5 Å². The molecule has 2 unspecified atom stereocenters. The quantitative estimate of drug-likeness (QED) is 0.462. The second kappa shape index (κ2) is 6.80. The zero-order valence-electron chi connectivity index (χ0n) is 13.7. The molecular weight excluding hydrogens is 357 g/mol. The Hall–Kier alpha value is -1.87. The molecule has 3 rings (SSSR count). The standard InChI is InChI=1S/C16H17F3N2O3S/c1-9(7-16(17,18)19)14(20-23-2)12-3-4-13(25-12)15(22)21-6-5-10-11(8-21)24-10/h3-4,7,10-11H,5-6,8H2,1-2H3/b9-7+,20-14+. The highest BCUT2D eigenvalue weighted by atomic mass is 32.1. The molecule has 9 heteroatoms. The molecule has 5 nitrogen and oxygen atoms in total. The number of rotatable bonds is 4.